The second-order valence-electron chi connectivity index (χ2n) is 3.55. The lowest BCUT2D eigenvalue weighted by atomic mass is 10.2. The summed E-state index contributed by atoms with van der Waals surface area (Å²) < 4.78 is 2.37. The molecule has 3 nitrogen and oxygen atoms in total. The molecule has 0 radical (unpaired) electrons. The maximum Gasteiger partial charge on any atom is 0.218 e. The van der Waals surface area contributed by atoms with Gasteiger partial charge in [0.25, 0.3) is 0 Å². The van der Waals surface area contributed by atoms with Crippen molar-refractivity contribution >= 4 is 21.6 Å². The van der Waals surface area contributed by atoms with Crippen molar-refractivity contribution in [3.63, 3.8) is 0 Å². The van der Waals surface area contributed by atoms with E-state index < -0.39 is 0 Å². The second kappa shape index (κ2) is 4.53. The van der Waals surface area contributed by atoms with Crippen molar-refractivity contribution in [1.29, 1.82) is 0 Å². The van der Waals surface area contributed by atoms with Crippen LogP contribution < -0.4 is 11.2 Å². The monoisotopic (exact) mass is 278 g/mol. The van der Waals surface area contributed by atoms with Gasteiger partial charge in [0.2, 0.25) is 5.43 Å². The van der Waals surface area contributed by atoms with Gasteiger partial charge in [-0.15, -0.1) is 0 Å². The molecule has 1 aromatic carbocycles. The van der Waals surface area contributed by atoms with Crippen LogP contribution in [0.15, 0.2) is 52.0 Å². The van der Waals surface area contributed by atoms with Gasteiger partial charge in [0.15, 0.2) is 0 Å². The number of hydrogen-bond donors (Lipinski definition) is 1. The minimum atomic E-state index is -0.163. The van der Waals surface area contributed by atoms with Gasteiger partial charge in [0, 0.05) is 18.9 Å². The molecule has 0 aliphatic rings. The van der Waals surface area contributed by atoms with E-state index in [0.29, 0.717) is 11.0 Å². The van der Waals surface area contributed by atoms with Crippen LogP contribution in [0.4, 0.5) is 5.69 Å². The summed E-state index contributed by atoms with van der Waals surface area (Å²) in [5, 5.41) is 0. The molecular weight excluding hydrogens is 268 g/mol. The molecule has 0 spiro atoms. The van der Waals surface area contributed by atoms with Gasteiger partial charge in [-0.25, -0.2) is 0 Å². The lowest BCUT2D eigenvalue weighted by Gasteiger charge is -2.08. The Balaban J connectivity index is 2.33. The fourth-order valence-electron chi connectivity index (χ4n) is 1.50. The van der Waals surface area contributed by atoms with Crippen molar-refractivity contribution in [2.45, 2.75) is 6.54 Å². The van der Waals surface area contributed by atoms with Crippen LogP contribution in [0.2, 0.25) is 0 Å². The predicted molar refractivity (Wildman–Crippen MR) is 68.4 cm³/mol. The summed E-state index contributed by atoms with van der Waals surface area (Å²) in [5.74, 6) is 0. The number of benzene rings is 1. The van der Waals surface area contributed by atoms with Crippen LogP contribution in [-0.4, -0.2) is 4.57 Å². The normalized spacial score (nSPS) is 10.3. The Morgan fingerprint density at radius 2 is 1.88 bits per heavy atom. The van der Waals surface area contributed by atoms with Crippen molar-refractivity contribution in [3.8, 4) is 0 Å². The smallest absolute Gasteiger partial charge is 0.218 e. The molecule has 0 aliphatic heterocycles. The van der Waals surface area contributed by atoms with Gasteiger partial charge < -0.3 is 10.3 Å². The largest absolute Gasteiger partial charge is 0.394 e. The van der Waals surface area contributed by atoms with Crippen molar-refractivity contribution < 1.29 is 0 Å². The zero-order valence-electron chi connectivity index (χ0n) is 8.56. The Labute approximate surface area is 102 Å². The third-order valence-corrected chi connectivity index (χ3v) is 2.84. The molecule has 0 atom stereocenters. The van der Waals surface area contributed by atoms with Gasteiger partial charge in [0.05, 0.1) is 10.2 Å². The van der Waals surface area contributed by atoms with Crippen molar-refractivity contribution in [3.05, 3.63) is 63.0 Å². The minimum absolute atomic E-state index is 0.163. The summed E-state index contributed by atoms with van der Waals surface area (Å²) in [6, 6.07) is 10.00. The molecule has 0 fully saturated rings. The third-order valence-electron chi connectivity index (χ3n) is 2.27. The number of rotatable bonds is 2. The fourth-order valence-corrected chi connectivity index (χ4v) is 1.99. The molecule has 0 bridgehead atoms. The lowest BCUT2D eigenvalue weighted by Crippen LogP contribution is -2.13. The first-order valence-corrected chi connectivity index (χ1v) is 5.65. The number of hydrogen-bond acceptors (Lipinski definition) is 2. The van der Waals surface area contributed by atoms with E-state index in [1.54, 1.807) is 12.4 Å². The van der Waals surface area contributed by atoms with Crippen LogP contribution in [0, 0.1) is 0 Å². The number of pyridine rings is 1. The summed E-state index contributed by atoms with van der Waals surface area (Å²) in [7, 11) is 0. The number of aromatic nitrogens is 1. The number of nitrogens with zero attached hydrogens (tertiary/aromatic N) is 1. The van der Waals surface area contributed by atoms with Crippen LogP contribution in [0.5, 0.6) is 0 Å². The average molecular weight is 279 g/mol. The molecule has 16 heavy (non-hydrogen) atoms. The van der Waals surface area contributed by atoms with Crippen LogP contribution in [0.3, 0.4) is 0 Å². The molecule has 2 aromatic rings. The van der Waals surface area contributed by atoms with Gasteiger partial charge in [-0.05, 0) is 21.5 Å². The highest BCUT2D eigenvalue weighted by molar-refractivity contribution is 9.10. The van der Waals surface area contributed by atoms with E-state index in [2.05, 4.69) is 15.9 Å². The van der Waals surface area contributed by atoms with Crippen LogP contribution in [0.1, 0.15) is 5.56 Å². The van der Waals surface area contributed by atoms with Gasteiger partial charge in [-0.3, -0.25) is 4.79 Å². The Morgan fingerprint density at radius 1 is 1.19 bits per heavy atom. The highest BCUT2D eigenvalue weighted by Gasteiger charge is 2.02. The minimum Gasteiger partial charge on any atom is -0.394 e. The van der Waals surface area contributed by atoms with Crippen LogP contribution in [-0.2, 0) is 6.54 Å². The van der Waals surface area contributed by atoms with E-state index in [4.69, 9.17) is 5.73 Å². The third kappa shape index (κ3) is 2.33. The number of nitrogens with two attached hydrogens (primary N) is 1. The molecule has 0 unspecified atom stereocenters. The van der Waals surface area contributed by atoms with Crippen LogP contribution >= 0.6 is 15.9 Å². The number of halogens is 1. The number of nitrogen functional groups attached to an aromatic ring is 1. The van der Waals surface area contributed by atoms with Crippen molar-refractivity contribution in [1.82, 2.24) is 4.57 Å². The molecule has 2 rings (SSSR count). The summed E-state index contributed by atoms with van der Waals surface area (Å²) in [6.07, 6.45) is 3.39. The molecular formula is C12H11BrN2O. The van der Waals surface area contributed by atoms with E-state index >= 15 is 0 Å². The zero-order valence-corrected chi connectivity index (χ0v) is 10.1. The quantitative estimate of drug-likeness (QED) is 0.916. The summed E-state index contributed by atoms with van der Waals surface area (Å²) >= 11 is 3.20. The molecule has 82 valence electrons. The Bertz CT molecular complexity index is 522. The van der Waals surface area contributed by atoms with E-state index in [0.717, 1.165) is 5.56 Å². The molecule has 4 heteroatoms. The van der Waals surface area contributed by atoms with Gasteiger partial charge in [0.1, 0.15) is 0 Å². The Hall–Kier alpha value is -1.55. The summed E-state index contributed by atoms with van der Waals surface area (Å²) in [6.45, 7) is 0.698. The molecule has 2 N–H and O–H groups in total. The maximum absolute atomic E-state index is 11.4. The highest BCUT2D eigenvalue weighted by atomic mass is 79.9. The first kappa shape index (κ1) is 11.0. The standard InChI is InChI=1S/C12H11BrN2O/c13-10-7-15(8-11(14)12(10)16)6-9-4-2-1-3-5-9/h1-5,7-8H,6,14H2. The van der Waals surface area contributed by atoms with Crippen LogP contribution in [0.25, 0.3) is 0 Å². The maximum atomic E-state index is 11.4. The Kier molecular flexibility index (Phi) is 3.10. The Morgan fingerprint density at radius 3 is 2.50 bits per heavy atom. The van der Waals surface area contributed by atoms with E-state index in [1.807, 2.05) is 34.9 Å². The SMILES string of the molecule is Nc1cn(Cc2ccccc2)cc(Br)c1=O. The molecule has 0 amide bonds. The van der Waals surface area contributed by atoms with Crippen molar-refractivity contribution in [2.75, 3.05) is 5.73 Å². The van der Waals surface area contributed by atoms with E-state index in [9.17, 15) is 4.79 Å². The first-order valence-electron chi connectivity index (χ1n) is 4.86. The molecule has 0 aliphatic carbocycles. The van der Waals surface area contributed by atoms with Gasteiger partial charge in [-0.1, -0.05) is 30.3 Å². The second-order valence-corrected chi connectivity index (χ2v) is 4.40. The van der Waals surface area contributed by atoms with Crippen molar-refractivity contribution in [2.24, 2.45) is 0 Å². The van der Waals surface area contributed by atoms with Gasteiger partial charge in [-0.2, -0.15) is 0 Å². The zero-order chi connectivity index (χ0) is 11.5. The molecule has 1 heterocycles. The highest BCUT2D eigenvalue weighted by Crippen LogP contribution is 2.09. The van der Waals surface area contributed by atoms with E-state index in [-0.39, 0.29) is 11.1 Å². The molecule has 1 aromatic heterocycles. The van der Waals surface area contributed by atoms with E-state index in [1.165, 1.54) is 0 Å². The fraction of sp³-hybridized carbons (Fsp3) is 0.0833. The van der Waals surface area contributed by atoms with Gasteiger partial charge >= 0.3 is 0 Å². The molecule has 0 saturated heterocycles. The number of anilines is 1. The predicted octanol–water partition coefficient (Wildman–Crippen LogP) is 2.24. The summed E-state index contributed by atoms with van der Waals surface area (Å²) in [5.41, 5.74) is 6.87. The topological polar surface area (TPSA) is 48.0 Å². The first-order chi connectivity index (χ1) is 7.66. The average Bonchev–Trinajstić information content (AvgIpc) is 2.27. The molecule has 0 saturated carbocycles. The lowest BCUT2D eigenvalue weighted by molar-refractivity contribution is 0.787. The summed E-state index contributed by atoms with van der Waals surface area (Å²) in [4.78, 5) is 11.4.